The lowest BCUT2D eigenvalue weighted by atomic mass is 10.2. The first kappa shape index (κ1) is 14.8. The Morgan fingerprint density at radius 3 is 2.55 bits per heavy atom. The largest absolute Gasteiger partial charge is 0.465 e. The number of nitrogens with one attached hydrogen (secondary N) is 2. The van der Waals surface area contributed by atoms with E-state index in [1.165, 1.54) is 0 Å². The summed E-state index contributed by atoms with van der Waals surface area (Å²) in [5.74, 6) is 1.75. The summed E-state index contributed by atoms with van der Waals surface area (Å²) in [5, 5.41) is 6.08. The predicted octanol–water partition coefficient (Wildman–Crippen LogP) is 2.87. The van der Waals surface area contributed by atoms with E-state index in [9.17, 15) is 4.79 Å². The van der Waals surface area contributed by atoms with Crippen LogP contribution in [0.4, 0.5) is 0 Å². The second-order valence-electron chi connectivity index (χ2n) is 4.45. The molecule has 2 rings (SSSR count). The summed E-state index contributed by atoms with van der Waals surface area (Å²) in [6, 6.07) is 11.2. The molecule has 0 aliphatic rings. The molecule has 1 aromatic heterocycles. The topological polar surface area (TPSA) is 54.3 Å². The zero-order valence-electron chi connectivity index (χ0n) is 11.3. The molecule has 20 heavy (non-hydrogen) atoms. The Bertz CT molecular complexity index is 564. The van der Waals surface area contributed by atoms with Crippen LogP contribution in [0.1, 0.15) is 21.9 Å². The Balaban J connectivity index is 1.65. The normalized spacial score (nSPS) is 10.5. The van der Waals surface area contributed by atoms with Gasteiger partial charge in [-0.1, -0.05) is 15.9 Å². The first-order chi connectivity index (χ1) is 9.65. The first-order valence-electron chi connectivity index (χ1n) is 6.45. The molecular formula is C15H17BrN2O2. The van der Waals surface area contributed by atoms with E-state index in [0.29, 0.717) is 25.2 Å². The van der Waals surface area contributed by atoms with Crippen LogP contribution in [-0.2, 0) is 6.54 Å². The molecule has 1 amide bonds. The average molecular weight is 337 g/mol. The van der Waals surface area contributed by atoms with Gasteiger partial charge in [0.2, 0.25) is 0 Å². The van der Waals surface area contributed by atoms with Crippen LogP contribution >= 0.6 is 15.9 Å². The number of aryl methyl sites for hydroxylation is 1. The van der Waals surface area contributed by atoms with Gasteiger partial charge in [-0.15, -0.1) is 0 Å². The molecule has 4 nitrogen and oxygen atoms in total. The van der Waals surface area contributed by atoms with E-state index in [2.05, 4.69) is 26.6 Å². The van der Waals surface area contributed by atoms with E-state index in [-0.39, 0.29) is 5.91 Å². The third-order valence-electron chi connectivity index (χ3n) is 2.79. The fourth-order valence-electron chi connectivity index (χ4n) is 1.76. The number of halogens is 1. The van der Waals surface area contributed by atoms with Gasteiger partial charge in [-0.05, 0) is 43.3 Å². The molecule has 0 unspecified atom stereocenters. The smallest absolute Gasteiger partial charge is 0.251 e. The van der Waals surface area contributed by atoms with Gasteiger partial charge >= 0.3 is 0 Å². The van der Waals surface area contributed by atoms with Gasteiger partial charge in [0.05, 0.1) is 6.54 Å². The maximum Gasteiger partial charge on any atom is 0.251 e. The van der Waals surface area contributed by atoms with Crippen molar-refractivity contribution in [1.29, 1.82) is 0 Å². The molecule has 0 saturated heterocycles. The number of rotatable bonds is 6. The quantitative estimate of drug-likeness (QED) is 0.797. The van der Waals surface area contributed by atoms with Crippen molar-refractivity contribution in [3.8, 4) is 0 Å². The van der Waals surface area contributed by atoms with Gasteiger partial charge in [0.25, 0.3) is 5.91 Å². The number of carbonyl (C=O) groups excluding carboxylic acids is 1. The van der Waals surface area contributed by atoms with Crippen molar-refractivity contribution in [3.05, 3.63) is 58.0 Å². The molecular weight excluding hydrogens is 320 g/mol. The number of hydrogen-bond acceptors (Lipinski definition) is 3. The van der Waals surface area contributed by atoms with E-state index in [0.717, 1.165) is 16.0 Å². The van der Waals surface area contributed by atoms with Crippen LogP contribution in [0.3, 0.4) is 0 Å². The monoisotopic (exact) mass is 336 g/mol. The van der Waals surface area contributed by atoms with Crippen molar-refractivity contribution in [2.75, 3.05) is 13.1 Å². The van der Waals surface area contributed by atoms with Crippen LogP contribution in [-0.4, -0.2) is 19.0 Å². The summed E-state index contributed by atoms with van der Waals surface area (Å²) in [5.41, 5.74) is 0.662. The van der Waals surface area contributed by atoms with Gasteiger partial charge in [-0.2, -0.15) is 0 Å². The summed E-state index contributed by atoms with van der Waals surface area (Å²) in [4.78, 5) is 11.8. The molecule has 0 spiro atoms. The first-order valence-corrected chi connectivity index (χ1v) is 7.24. The summed E-state index contributed by atoms with van der Waals surface area (Å²) in [6.07, 6.45) is 0. The van der Waals surface area contributed by atoms with Crippen molar-refractivity contribution in [2.45, 2.75) is 13.5 Å². The van der Waals surface area contributed by atoms with Crippen LogP contribution in [0.15, 0.2) is 45.3 Å². The highest BCUT2D eigenvalue weighted by atomic mass is 79.9. The highest BCUT2D eigenvalue weighted by Gasteiger charge is 2.04. The third kappa shape index (κ3) is 4.51. The number of hydrogen-bond donors (Lipinski definition) is 2. The lowest BCUT2D eigenvalue weighted by Crippen LogP contribution is -2.31. The molecule has 2 aromatic rings. The number of amides is 1. The highest BCUT2D eigenvalue weighted by Crippen LogP contribution is 2.10. The number of furan rings is 1. The lowest BCUT2D eigenvalue weighted by molar-refractivity contribution is 0.0954. The van der Waals surface area contributed by atoms with Crippen LogP contribution in [0, 0.1) is 6.92 Å². The summed E-state index contributed by atoms with van der Waals surface area (Å²) >= 11 is 3.34. The third-order valence-corrected chi connectivity index (χ3v) is 3.32. The minimum atomic E-state index is -0.0619. The Kier molecular flexibility index (Phi) is 5.38. The second-order valence-corrected chi connectivity index (χ2v) is 5.37. The standard InChI is InChI=1S/C15H17BrN2O2/c1-11-2-7-14(20-11)10-17-8-9-18-15(19)12-3-5-13(16)6-4-12/h2-7,17H,8-10H2,1H3,(H,18,19). The Labute approximate surface area is 126 Å². The van der Waals surface area contributed by atoms with E-state index in [1.807, 2.05) is 31.2 Å². The Morgan fingerprint density at radius 1 is 1.15 bits per heavy atom. The molecule has 0 aliphatic heterocycles. The van der Waals surface area contributed by atoms with Crippen molar-refractivity contribution in [1.82, 2.24) is 10.6 Å². The fraction of sp³-hybridized carbons (Fsp3) is 0.267. The molecule has 0 fully saturated rings. The van der Waals surface area contributed by atoms with Gasteiger partial charge in [-0.25, -0.2) is 0 Å². The van der Waals surface area contributed by atoms with Crippen LogP contribution < -0.4 is 10.6 Å². The van der Waals surface area contributed by atoms with Crippen LogP contribution in [0.5, 0.6) is 0 Å². The van der Waals surface area contributed by atoms with Crippen molar-refractivity contribution in [2.24, 2.45) is 0 Å². The summed E-state index contributed by atoms with van der Waals surface area (Å²) in [6.45, 7) is 3.86. The molecule has 106 valence electrons. The second kappa shape index (κ2) is 7.26. The van der Waals surface area contributed by atoms with Gasteiger partial charge in [0.15, 0.2) is 0 Å². The molecule has 0 aliphatic carbocycles. The Hall–Kier alpha value is -1.59. The Morgan fingerprint density at radius 2 is 1.90 bits per heavy atom. The van der Waals surface area contributed by atoms with Crippen LogP contribution in [0.2, 0.25) is 0 Å². The van der Waals surface area contributed by atoms with Gasteiger partial charge in [-0.3, -0.25) is 4.79 Å². The maximum atomic E-state index is 11.8. The molecule has 5 heteroatoms. The van der Waals surface area contributed by atoms with Crippen molar-refractivity contribution < 1.29 is 9.21 Å². The van der Waals surface area contributed by atoms with E-state index in [4.69, 9.17) is 4.42 Å². The summed E-state index contributed by atoms with van der Waals surface area (Å²) < 4.78 is 6.40. The van der Waals surface area contributed by atoms with Gasteiger partial charge < -0.3 is 15.1 Å². The molecule has 0 radical (unpaired) electrons. The molecule has 0 atom stereocenters. The molecule has 1 heterocycles. The van der Waals surface area contributed by atoms with Crippen LogP contribution in [0.25, 0.3) is 0 Å². The average Bonchev–Trinajstić information content (AvgIpc) is 2.84. The lowest BCUT2D eigenvalue weighted by Gasteiger charge is -2.06. The molecule has 0 saturated carbocycles. The zero-order valence-corrected chi connectivity index (χ0v) is 12.9. The molecule has 2 N–H and O–H groups in total. The summed E-state index contributed by atoms with van der Waals surface area (Å²) in [7, 11) is 0. The SMILES string of the molecule is Cc1ccc(CNCCNC(=O)c2ccc(Br)cc2)o1. The minimum Gasteiger partial charge on any atom is -0.465 e. The molecule has 1 aromatic carbocycles. The van der Waals surface area contributed by atoms with Gasteiger partial charge in [0.1, 0.15) is 11.5 Å². The van der Waals surface area contributed by atoms with E-state index < -0.39 is 0 Å². The maximum absolute atomic E-state index is 11.8. The predicted molar refractivity (Wildman–Crippen MR) is 81.6 cm³/mol. The van der Waals surface area contributed by atoms with Crippen molar-refractivity contribution >= 4 is 21.8 Å². The van der Waals surface area contributed by atoms with E-state index in [1.54, 1.807) is 12.1 Å². The minimum absolute atomic E-state index is 0.0619. The van der Waals surface area contributed by atoms with E-state index >= 15 is 0 Å². The highest BCUT2D eigenvalue weighted by molar-refractivity contribution is 9.10. The number of carbonyl (C=O) groups is 1. The van der Waals surface area contributed by atoms with Gasteiger partial charge in [0, 0.05) is 23.1 Å². The number of benzene rings is 1. The molecule has 0 bridgehead atoms. The van der Waals surface area contributed by atoms with Crippen molar-refractivity contribution in [3.63, 3.8) is 0 Å². The fourth-order valence-corrected chi connectivity index (χ4v) is 2.02. The zero-order chi connectivity index (χ0) is 14.4.